The molecule has 0 radical (unpaired) electrons. The Morgan fingerprint density at radius 2 is 2.16 bits per heavy atom. The van der Waals surface area contributed by atoms with E-state index in [2.05, 4.69) is 10.1 Å². The monoisotopic (exact) mass is 435 g/mol. The minimum Gasteiger partial charge on any atom is -0.483 e. The first-order valence-corrected chi connectivity index (χ1v) is 9.47. The minimum atomic E-state index is -1.34. The van der Waals surface area contributed by atoms with Crippen molar-refractivity contribution in [3.8, 4) is 0 Å². The number of nitrogens with two attached hydrogens (primary N) is 1. The minimum absolute atomic E-state index is 0.0339. The molecule has 12 heteroatoms. The average Bonchev–Trinajstić information content (AvgIpc) is 3.49. The van der Waals surface area contributed by atoms with Gasteiger partial charge >= 0.3 is 5.97 Å². The molecule has 1 saturated heterocycles. The van der Waals surface area contributed by atoms with Crippen LogP contribution < -0.4 is 16.1 Å². The second-order valence-corrected chi connectivity index (χ2v) is 7.16. The predicted octanol–water partition coefficient (Wildman–Crippen LogP) is 0.667. The Bertz CT molecular complexity index is 1100. The highest BCUT2D eigenvalue weighted by molar-refractivity contribution is 5.95. The molecule has 1 unspecified atom stereocenters. The number of carboxylic acid groups (broad SMARTS) is 2. The van der Waals surface area contributed by atoms with Gasteiger partial charge in [0.1, 0.15) is 18.3 Å². The molecular formula is C19H22FN5O6. The molecule has 166 valence electrons. The van der Waals surface area contributed by atoms with Crippen molar-refractivity contribution in [3.05, 3.63) is 33.9 Å². The number of carboxylic acids is 1. The molecule has 31 heavy (non-hydrogen) atoms. The van der Waals surface area contributed by atoms with Gasteiger partial charge in [-0.05, 0) is 18.9 Å². The Labute approximate surface area is 175 Å². The third-order valence-corrected chi connectivity index (χ3v) is 5.17. The molecule has 1 atom stereocenters. The third-order valence-electron chi connectivity index (χ3n) is 5.17. The zero-order valence-corrected chi connectivity index (χ0v) is 16.7. The Hall–Kier alpha value is -3.54. The summed E-state index contributed by atoms with van der Waals surface area (Å²) in [5, 5.41) is 20.1. The van der Waals surface area contributed by atoms with E-state index in [9.17, 15) is 19.1 Å². The van der Waals surface area contributed by atoms with Crippen LogP contribution in [-0.4, -0.2) is 64.7 Å². The standard InChI is InChI=1S/C18H20FN5O4.CH2O2/c1-28-22-14-8-23(6-9(14)5-20)17-13(19)4-11-15(25)12(18(26)27)7-24(10-2-3-10)16(11)21-17;2-1-3/h4,7,9-10H,2-3,5-6,8,20H2,1H3,(H,26,27);1H,(H,2,3)/b22-14-;. The first kappa shape index (κ1) is 22.2. The van der Waals surface area contributed by atoms with Crippen LogP contribution in [0.25, 0.3) is 11.0 Å². The molecule has 2 aliphatic rings. The molecule has 2 aromatic rings. The quantitative estimate of drug-likeness (QED) is 0.453. The van der Waals surface area contributed by atoms with E-state index in [0.29, 0.717) is 25.3 Å². The fourth-order valence-electron chi connectivity index (χ4n) is 3.60. The molecule has 4 N–H and O–H groups in total. The van der Waals surface area contributed by atoms with Crippen molar-refractivity contribution in [1.29, 1.82) is 0 Å². The maximum Gasteiger partial charge on any atom is 0.341 e. The van der Waals surface area contributed by atoms with Gasteiger partial charge in [-0.15, -0.1) is 0 Å². The second-order valence-electron chi connectivity index (χ2n) is 7.16. The molecule has 4 rings (SSSR count). The summed E-state index contributed by atoms with van der Waals surface area (Å²) in [5.74, 6) is -2.03. The Morgan fingerprint density at radius 1 is 1.48 bits per heavy atom. The van der Waals surface area contributed by atoms with Crippen LogP contribution in [0.2, 0.25) is 0 Å². The number of aromatic nitrogens is 2. The third kappa shape index (κ3) is 4.33. The molecular weight excluding hydrogens is 413 g/mol. The van der Waals surface area contributed by atoms with Crippen molar-refractivity contribution in [2.45, 2.75) is 18.9 Å². The summed E-state index contributed by atoms with van der Waals surface area (Å²) < 4.78 is 16.5. The van der Waals surface area contributed by atoms with Crippen molar-refractivity contribution < 1.29 is 29.0 Å². The van der Waals surface area contributed by atoms with Crippen molar-refractivity contribution >= 4 is 35.0 Å². The van der Waals surface area contributed by atoms with Gasteiger partial charge in [-0.2, -0.15) is 0 Å². The van der Waals surface area contributed by atoms with Crippen LogP contribution in [0.5, 0.6) is 0 Å². The summed E-state index contributed by atoms with van der Waals surface area (Å²) in [5.41, 5.74) is 5.65. The fourth-order valence-corrected chi connectivity index (χ4v) is 3.60. The number of oxime groups is 1. The van der Waals surface area contributed by atoms with Crippen LogP contribution in [0.3, 0.4) is 0 Å². The largest absolute Gasteiger partial charge is 0.483 e. The van der Waals surface area contributed by atoms with Crippen LogP contribution in [-0.2, 0) is 9.63 Å². The molecule has 1 aliphatic carbocycles. The first-order chi connectivity index (χ1) is 14.9. The lowest BCUT2D eigenvalue weighted by atomic mass is 10.1. The number of nitrogens with zero attached hydrogens (tertiary/aromatic N) is 4. The van der Waals surface area contributed by atoms with E-state index in [1.807, 2.05) is 0 Å². The zero-order valence-electron chi connectivity index (χ0n) is 16.7. The SMILES string of the molecule is CO/N=C1/CN(c2nc3c(cc2F)c(=O)c(C(=O)O)cn3C2CC2)CC1CN.O=CO. The summed E-state index contributed by atoms with van der Waals surface area (Å²) in [4.78, 5) is 43.3. The average molecular weight is 435 g/mol. The molecule has 0 amide bonds. The number of aromatic carboxylic acids is 1. The Balaban J connectivity index is 0.000000858. The van der Waals surface area contributed by atoms with E-state index in [0.717, 1.165) is 18.9 Å². The summed E-state index contributed by atoms with van der Waals surface area (Å²) in [7, 11) is 1.44. The van der Waals surface area contributed by atoms with E-state index in [-0.39, 0.29) is 40.8 Å². The van der Waals surface area contributed by atoms with Gasteiger partial charge < -0.3 is 30.3 Å². The lowest BCUT2D eigenvalue weighted by molar-refractivity contribution is -0.122. The summed E-state index contributed by atoms with van der Waals surface area (Å²) in [6.07, 6.45) is 3.02. The number of rotatable bonds is 5. The lowest BCUT2D eigenvalue weighted by Crippen LogP contribution is -2.26. The zero-order chi connectivity index (χ0) is 22.7. The van der Waals surface area contributed by atoms with Gasteiger partial charge in [-0.25, -0.2) is 14.2 Å². The Morgan fingerprint density at radius 3 is 2.71 bits per heavy atom. The van der Waals surface area contributed by atoms with Crippen molar-refractivity contribution in [2.75, 3.05) is 31.6 Å². The van der Waals surface area contributed by atoms with Crippen molar-refractivity contribution in [1.82, 2.24) is 9.55 Å². The highest BCUT2D eigenvalue weighted by atomic mass is 19.1. The van der Waals surface area contributed by atoms with E-state index in [1.165, 1.54) is 13.3 Å². The maximum absolute atomic E-state index is 14.9. The number of pyridine rings is 2. The molecule has 1 saturated carbocycles. The van der Waals surface area contributed by atoms with E-state index >= 15 is 0 Å². The summed E-state index contributed by atoms with van der Waals surface area (Å²) >= 11 is 0. The maximum atomic E-state index is 14.9. The van der Waals surface area contributed by atoms with Crippen molar-refractivity contribution in [3.63, 3.8) is 0 Å². The van der Waals surface area contributed by atoms with Gasteiger partial charge in [-0.3, -0.25) is 9.59 Å². The molecule has 0 aromatic carbocycles. The van der Waals surface area contributed by atoms with Crippen LogP contribution in [0.4, 0.5) is 10.2 Å². The van der Waals surface area contributed by atoms with Gasteiger partial charge in [-0.1, -0.05) is 5.16 Å². The molecule has 3 heterocycles. The number of halogens is 1. The lowest BCUT2D eigenvalue weighted by Gasteiger charge is -2.19. The normalized spacial score (nSPS) is 19.3. The summed E-state index contributed by atoms with van der Waals surface area (Å²) in [6.45, 7) is 0.823. The number of hydrogen-bond donors (Lipinski definition) is 3. The number of fused-ring (bicyclic) bond motifs is 1. The molecule has 2 aromatic heterocycles. The van der Waals surface area contributed by atoms with Crippen LogP contribution in [0.1, 0.15) is 29.2 Å². The van der Waals surface area contributed by atoms with E-state index in [1.54, 1.807) is 9.47 Å². The van der Waals surface area contributed by atoms with Gasteiger partial charge in [0, 0.05) is 31.2 Å². The highest BCUT2D eigenvalue weighted by Crippen LogP contribution is 2.37. The van der Waals surface area contributed by atoms with Gasteiger partial charge in [0.25, 0.3) is 6.47 Å². The summed E-state index contributed by atoms with van der Waals surface area (Å²) in [6, 6.07) is 1.14. The number of anilines is 1. The van der Waals surface area contributed by atoms with Crippen molar-refractivity contribution in [2.24, 2.45) is 16.8 Å². The first-order valence-electron chi connectivity index (χ1n) is 9.47. The van der Waals surface area contributed by atoms with E-state index < -0.39 is 17.2 Å². The van der Waals surface area contributed by atoms with Crippen LogP contribution in [0, 0.1) is 11.7 Å². The van der Waals surface area contributed by atoms with Gasteiger partial charge in [0.2, 0.25) is 5.43 Å². The number of carbonyl (C=O) groups is 2. The molecule has 0 spiro atoms. The molecule has 0 bridgehead atoms. The van der Waals surface area contributed by atoms with Crippen LogP contribution >= 0.6 is 0 Å². The molecule has 11 nitrogen and oxygen atoms in total. The molecule has 2 fully saturated rings. The predicted molar refractivity (Wildman–Crippen MR) is 109 cm³/mol. The molecule has 1 aliphatic heterocycles. The van der Waals surface area contributed by atoms with E-state index in [4.69, 9.17) is 20.5 Å². The topological polar surface area (TPSA) is 160 Å². The highest BCUT2D eigenvalue weighted by Gasteiger charge is 2.33. The smallest absolute Gasteiger partial charge is 0.341 e. The van der Waals surface area contributed by atoms with Crippen LogP contribution in [0.15, 0.2) is 22.2 Å². The van der Waals surface area contributed by atoms with Gasteiger partial charge in [0.15, 0.2) is 11.6 Å². The fraction of sp³-hybridized carbons (Fsp3) is 0.421. The number of hydrogen-bond acceptors (Lipinski definition) is 8. The Kier molecular flexibility index (Phi) is 6.49. The second kappa shape index (κ2) is 9.08. The van der Waals surface area contributed by atoms with Gasteiger partial charge in [0.05, 0.1) is 17.6 Å².